The molecule has 0 saturated carbocycles. The third-order valence-corrected chi connectivity index (χ3v) is 12.6. The van der Waals surface area contributed by atoms with Crippen LogP contribution in [0.2, 0.25) is 0 Å². The van der Waals surface area contributed by atoms with Gasteiger partial charge in [0.25, 0.3) is 0 Å². The molecule has 5 unspecified atom stereocenters. The first-order chi connectivity index (χ1) is 28.3. The van der Waals surface area contributed by atoms with Crippen LogP contribution < -0.4 is 18.9 Å². The first-order valence-electron chi connectivity index (χ1n) is 21.8. The predicted molar refractivity (Wildman–Crippen MR) is 237 cm³/mol. The summed E-state index contributed by atoms with van der Waals surface area (Å²) in [6, 6.07) is 17.2. The van der Waals surface area contributed by atoms with Gasteiger partial charge in [0.15, 0.2) is 0 Å². The van der Waals surface area contributed by atoms with Crippen LogP contribution in [0.5, 0.6) is 23.0 Å². The highest BCUT2D eigenvalue weighted by Gasteiger charge is 2.48. The normalized spacial score (nSPS) is 15.8. The molecule has 1 aliphatic heterocycles. The topological polar surface area (TPSA) is 125 Å². The van der Waals surface area contributed by atoms with Crippen LogP contribution in [0.15, 0.2) is 60.7 Å². The van der Waals surface area contributed by atoms with Crippen LogP contribution in [0.1, 0.15) is 149 Å². The number of hydrogen-bond acceptors (Lipinski definition) is 8. The van der Waals surface area contributed by atoms with Crippen molar-refractivity contribution in [1.82, 2.24) is 0 Å². The molecule has 0 fully saturated rings. The van der Waals surface area contributed by atoms with Gasteiger partial charge in [-0.25, -0.2) is 0 Å². The highest BCUT2D eigenvalue weighted by molar-refractivity contribution is 5.89. The Hall–Kier alpha value is -4.92. The zero-order chi connectivity index (χ0) is 44.2. The largest absolute Gasteiger partial charge is 0.493 e. The number of hydrogen-bond donors (Lipinski definition) is 1. The third-order valence-electron chi connectivity index (χ3n) is 12.6. The molecule has 1 aliphatic rings. The van der Waals surface area contributed by atoms with Crippen LogP contribution >= 0.6 is 0 Å². The summed E-state index contributed by atoms with van der Waals surface area (Å²) >= 11 is 0. The van der Waals surface area contributed by atoms with E-state index in [0.717, 1.165) is 42.6 Å². The van der Waals surface area contributed by atoms with Crippen molar-refractivity contribution in [2.45, 2.75) is 133 Å². The molecule has 3 aromatic rings. The van der Waals surface area contributed by atoms with Gasteiger partial charge >= 0.3 is 23.9 Å². The maximum Gasteiger partial charge on any atom is 0.318 e. The minimum absolute atomic E-state index is 0.236. The van der Waals surface area contributed by atoms with Gasteiger partial charge in [0.05, 0.1) is 17.9 Å². The smallest absolute Gasteiger partial charge is 0.318 e. The van der Waals surface area contributed by atoms with Gasteiger partial charge in [-0.05, 0) is 121 Å². The quantitative estimate of drug-likeness (QED) is 0.0635. The van der Waals surface area contributed by atoms with E-state index in [1.165, 1.54) is 39.2 Å². The van der Waals surface area contributed by atoms with Gasteiger partial charge in [0.1, 0.15) is 23.0 Å². The molecule has 9 heteroatoms. The van der Waals surface area contributed by atoms with Gasteiger partial charge in [-0.3, -0.25) is 19.2 Å². The first kappa shape index (κ1) is 47.8. The van der Waals surface area contributed by atoms with E-state index < -0.39 is 35.2 Å². The number of carboxylic acids is 1. The van der Waals surface area contributed by atoms with Crippen molar-refractivity contribution in [2.75, 3.05) is 6.61 Å². The maximum absolute atomic E-state index is 14.5. The molecular weight excluding hydrogens is 757 g/mol. The zero-order valence-electron chi connectivity index (χ0n) is 37.6. The number of aryl methyl sites for hydroxylation is 1. The molecule has 4 rings (SSSR count). The fourth-order valence-electron chi connectivity index (χ4n) is 8.31. The van der Waals surface area contributed by atoms with Crippen molar-refractivity contribution in [3.05, 3.63) is 82.9 Å². The summed E-state index contributed by atoms with van der Waals surface area (Å²) in [5.74, 6) is -0.147. The molecule has 0 spiro atoms. The number of carbonyl (C=O) groups excluding carboxylic acids is 3. The minimum atomic E-state index is -1.38. The molecule has 0 saturated heterocycles. The number of fused-ring (bicyclic) bond motifs is 1. The number of carboxylic acid groups (broad SMARTS) is 1. The van der Waals surface area contributed by atoms with E-state index in [0.29, 0.717) is 60.0 Å². The van der Waals surface area contributed by atoms with Crippen LogP contribution in [0.25, 0.3) is 12.2 Å². The van der Waals surface area contributed by atoms with Crippen LogP contribution in [0.3, 0.4) is 0 Å². The molecular formula is C51H68O9. The van der Waals surface area contributed by atoms with Crippen molar-refractivity contribution >= 4 is 36.0 Å². The number of esters is 3. The van der Waals surface area contributed by atoms with Gasteiger partial charge in [-0.2, -0.15) is 0 Å². The Bertz CT molecular complexity index is 1920. The van der Waals surface area contributed by atoms with Gasteiger partial charge in [0, 0.05) is 19.9 Å². The first-order valence-corrected chi connectivity index (χ1v) is 21.8. The lowest BCUT2D eigenvalue weighted by Crippen LogP contribution is -2.41. The Morgan fingerprint density at radius 1 is 0.733 bits per heavy atom. The molecule has 1 N–H and O–H groups in total. The Morgan fingerprint density at radius 2 is 1.35 bits per heavy atom. The van der Waals surface area contributed by atoms with Crippen molar-refractivity contribution in [2.24, 2.45) is 34.5 Å². The van der Waals surface area contributed by atoms with E-state index in [4.69, 9.17) is 18.9 Å². The Kier molecular flexibility index (Phi) is 17.2. The van der Waals surface area contributed by atoms with Crippen molar-refractivity contribution in [3.63, 3.8) is 0 Å². The molecule has 1 heterocycles. The number of carbonyl (C=O) groups is 4. The summed E-state index contributed by atoms with van der Waals surface area (Å²) in [7, 11) is 0. The molecule has 326 valence electrons. The summed E-state index contributed by atoms with van der Waals surface area (Å²) < 4.78 is 22.3. The lowest BCUT2D eigenvalue weighted by molar-refractivity contribution is -0.155. The highest BCUT2D eigenvalue weighted by atomic mass is 16.5. The Morgan fingerprint density at radius 3 is 1.95 bits per heavy atom. The Labute approximate surface area is 358 Å². The van der Waals surface area contributed by atoms with Crippen molar-refractivity contribution in [1.29, 1.82) is 0 Å². The highest BCUT2D eigenvalue weighted by Crippen LogP contribution is 2.45. The minimum Gasteiger partial charge on any atom is -0.493 e. The molecule has 0 aromatic heterocycles. The molecule has 0 amide bonds. The van der Waals surface area contributed by atoms with E-state index in [1.54, 1.807) is 55.5 Å². The number of rotatable bonds is 21. The van der Waals surface area contributed by atoms with Crippen LogP contribution in [-0.4, -0.2) is 35.6 Å². The molecule has 0 bridgehead atoms. The second kappa shape index (κ2) is 21.6. The average molecular weight is 825 g/mol. The molecule has 0 aliphatic carbocycles. The monoisotopic (exact) mass is 824 g/mol. The van der Waals surface area contributed by atoms with E-state index in [-0.39, 0.29) is 16.9 Å². The van der Waals surface area contributed by atoms with Gasteiger partial charge in [-0.15, -0.1) is 0 Å². The fourth-order valence-corrected chi connectivity index (χ4v) is 8.31. The number of ether oxygens (including phenoxy) is 4. The van der Waals surface area contributed by atoms with E-state index in [2.05, 4.69) is 48.5 Å². The van der Waals surface area contributed by atoms with E-state index >= 15 is 0 Å². The average Bonchev–Trinajstić information content (AvgIpc) is 3.16. The lowest BCUT2D eigenvalue weighted by atomic mass is 9.68. The number of benzene rings is 3. The summed E-state index contributed by atoms with van der Waals surface area (Å²) in [6.45, 7) is 21.3. The van der Waals surface area contributed by atoms with Crippen molar-refractivity contribution < 1.29 is 43.2 Å². The summed E-state index contributed by atoms with van der Waals surface area (Å²) in [5.41, 5.74) is 1.80. The van der Waals surface area contributed by atoms with Crippen LogP contribution in [0.4, 0.5) is 0 Å². The summed E-state index contributed by atoms with van der Waals surface area (Å²) in [5, 5.41) is 10.9. The SMILES string of the molecule is CC(=O)Oc1cc(/C=C/c2ccc(OC(=O)C(C)(CCCC(C)C(C)CC(C)C(C)(C)CCCC(C)C)C(C(=O)O)c3ccc4c(c3)CCCO4)cc2)cc(OC(C)=O)c1. The predicted octanol–water partition coefficient (Wildman–Crippen LogP) is 12.1. The molecule has 3 aromatic carbocycles. The third kappa shape index (κ3) is 13.8. The summed E-state index contributed by atoms with van der Waals surface area (Å²) in [4.78, 5) is 50.9. The van der Waals surface area contributed by atoms with Gasteiger partial charge in [-0.1, -0.05) is 111 Å². The van der Waals surface area contributed by atoms with Gasteiger partial charge in [0.2, 0.25) is 0 Å². The fraction of sp³-hybridized carbons (Fsp3) is 0.529. The maximum atomic E-state index is 14.5. The Balaban J connectivity index is 1.53. The molecule has 60 heavy (non-hydrogen) atoms. The van der Waals surface area contributed by atoms with E-state index in [1.807, 2.05) is 18.2 Å². The summed E-state index contributed by atoms with van der Waals surface area (Å²) in [6.07, 6.45) is 11.9. The van der Waals surface area contributed by atoms with Crippen LogP contribution in [-0.2, 0) is 25.6 Å². The van der Waals surface area contributed by atoms with Gasteiger partial charge < -0.3 is 24.1 Å². The van der Waals surface area contributed by atoms with E-state index in [9.17, 15) is 24.3 Å². The molecule has 5 atom stereocenters. The second-order valence-electron chi connectivity index (χ2n) is 18.5. The van der Waals surface area contributed by atoms with Crippen LogP contribution in [0, 0.1) is 34.5 Å². The van der Waals surface area contributed by atoms with Crippen molar-refractivity contribution in [3.8, 4) is 23.0 Å². The lowest BCUT2D eigenvalue weighted by Gasteiger charge is -2.36. The molecule has 0 radical (unpaired) electrons. The standard InChI is InChI=1S/C51H68O9/c1-33(2)14-11-25-50(8,9)36(5)28-35(4)34(3)15-12-26-51(10,47(48(54)55)42-21-24-46-41(31-42)16-13-27-57-46)49(56)60-43-22-19-39(20-23-43)17-18-40-29-44(58-37(6)52)32-45(30-40)59-38(7)53/h17-24,29-36,47H,11-16,25-28H2,1-10H3,(H,54,55)/b18-17+. The second-order valence-corrected chi connectivity index (χ2v) is 18.5. The zero-order valence-corrected chi connectivity index (χ0v) is 37.6. The molecule has 9 nitrogen and oxygen atoms in total. The number of aliphatic carboxylic acids is 1.